The smallest absolute Gasteiger partial charge is 0.335 e. The van der Waals surface area contributed by atoms with Crippen molar-refractivity contribution in [2.45, 2.75) is 13.8 Å². The van der Waals surface area contributed by atoms with E-state index in [1.54, 1.807) is 36.7 Å². The van der Waals surface area contributed by atoms with Crippen molar-refractivity contribution in [2.24, 2.45) is 4.99 Å². The van der Waals surface area contributed by atoms with Crippen LogP contribution in [0.25, 0.3) is 5.57 Å². The summed E-state index contributed by atoms with van der Waals surface area (Å²) in [5.74, 6) is -0.610. The number of nitrogens with zero attached hydrogens (tertiary/aromatic N) is 3. The molecule has 122 valence electrons. The first-order valence-electron chi connectivity index (χ1n) is 7.28. The summed E-state index contributed by atoms with van der Waals surface area (Å²) < 4.78 is 0. The topological polar surface area (TPSA) is 87.5 Å². The van der Waals surface area contributed by atoms with Crippen molar-refractivity contribution in [2.75, 3.05) is 5.32 Å². The van der Waals surface area contributed by atoms with Crippen LogP contribution in [0.3, 0.4) is 0 Å². The Morgan fingerprint density at radius 2 is 2.17 bits per heavy atom. The van der Waals surface area contributed by atoms with E-state index in [2.05, 4.69) is 27.0 Å². The van der Waals surface area contributed by atoms with Crippen molar-refractivity contribution in [1.29, 1.82) is 0 Å². The summed E-state index contributed by atoms with van der Waals surface area (Å²) in [6.45, 7) is 7.24. The van der Waals surface area contributed by atoms with Gasteiger partial charge in [0.25, 0.3) is 0 Å². The number of allylic oxidation sites excluding steroid dienone is 3. The van der Waals surface area contributed by atoms with E-state index in [-0.39, 0.29) is 5.56 Å². The van der Waals surface area contributed by atoms with Gasteiger partial charge in [0.15, 0.2) is 0 Å². The molecule has 2 aromatic rings. The Bertz CT molecular complexity index is 826. The second-order valence-corrected chi connectivity index (χ2v) is 4.99. The number of benzene rings is 1. The summed E-state index contributed by atoms with van der Waals surface area (Å²) in [5, 5.41) is 12.2. The van der Waals surface area contributed by atoms with Gasteiger partial charge in [-0.15, -0.1) is 0 Å². The molecular weight excluding hydrogens is 304 g/mol. The average molecular weight is 322 g/mol. The molecule has 1 aromatic carbocycles. The molecule has 2 N–H and O–H groups in total. The number of aryl methyl sites for hydroxylation is 1. The van der Waals surface area contributed by atoms with Crippen LogP contribution < -0.4 is 5.32 Å². The normalized spacial score (nSPS) is 11.5. The molecule has 1 aromatic heterocycles. The maximum Gasteiger partial charge on any atom is 0.335 e. The van der Waals surface area contributed by atoms with Crippen LogP contribution in [0.4, 0.5) is 11.6 Å². The maximum absolute atomic E-state index is 11.1. The van der Waals surface area contributed by atoms with Crippen LogP contribution in [0, 0.1) is 6.92 Å². The third-order valence-electron chi connectivity index (χ3n) is 3.26. The van der Waals surface area contributed by atoms with Crippen molar-refractivity contribution in [3.05, 3.63) is 65.6 Å². The number of anilines is 2. The van der Waals surface area contributed by atoms with Gasteiger partial charge in [-0.2, -0.15) is 0 Å². The Hall–Kier alpha value is -3.28. The second kappa shape index (κ2) is 7.82. The third kappa shape index (κ3) is 4.13. The molecule has 1 heterocycles. The lowest BCUT2D eigenvalue weighted by Crippen LogP contribution is -2.03. The van der Waals surface area contributed by atoms with E-state index < -0.39 is 5.97 Å². The number of hydrogen-bond acceptors (Lipinski definition) is 5. The summed E-state index contributed by atoms with van der Waals surface area (Å²) in [6.07, 6.45) is 6.99. The number of carboxylic acids is 1. The zero-order valence-electron chi connectivity index (χ0n) is 13.5. The molecule has 2 rings (SSSR count). The molecule has 0 atom stereocenters. The van der Waals surface area contributed by atoms with Crippen molar-refractivity contribution in [3.63, 3.8) is 0 Å². The Morgan fingerprint density at radius 3 is 2.83 bits per heavy atom. The van der Waals surface area contributed by atoms with Gasteiger partial charge in [0.1, 0.15) is 0 Å². The fourth-order valence-corrected chi connectivity index (χ4v) is 2.06. The van der Waals surface area contributed by atoms with Gasteiger partial charge in [-0.05, 0) is 44.3 Å². The van der Waals surface area contributed by atoms with Crippen molar-refractivity contribution in [3.8, 4) is 0 Å². The predicted octanol–water partition coefficient (Wildman–Crippen LogP) is 3.84. The summed E-state index contributed by atoms with van der Waals surface area (Å²) in [4.78, 5) is 23.5. The van der Waals surface area contributed by atoms with Gasteiger partial charge in [0, 0.05) is 23.7 Å². The number of carbonyl (C=O) groups is 1. The Morgan fingerprint density at radius 1 is 1.38 bits per heavy atom. The molecule has 6 heteroatoms. The fourth-order valence-electron chi connectivity index (χ4n) is 2.06. The average Bonchev–Trinajstić information content (AvgIpc) is 2.57. The summed E-state index contributed by atoms with van der Waals surface area (Å²) in [5.41, 5.74) is 3.22. The van der Waals surface area contributed by atoms with Gasteiger partial charge in [0.2, 0.25) is 5.95 Å². The Labute approximate surface area is 140 Å². The van der Waals surface area contributed by atoms with Gasteiger partial charge in [-0.3, -0.25) is 4.99 Å². The van der Waals surface area contributed by atoms with Crippen molar-refractivity contribution in [1.82, 2.24) is 9.97 Å². The van der Waals surface area contributed by atoms with Crippen LogP contribution in [0.15, 0.2) is 53.8 Å². The number of carboxylic acid groups (broad SMARTS) is 1. The highest BCUT2D eigenvalue weighted by molar-refractivity contribution is 5.89. The lowest BCUT2D eigenvalue weighted by atomic mass is 10.1. The molecule has 6 nitrogen and oxygen atoms in total. The fraction of sp³-hybridized carbons (Fsp3) is 0.111. The van der Waals surface area contributed by atoms with E-state index >= 15 is 0 Å². The van der Waals surface area contributed by atoms with Crippen LogP contribution in [0.2, 0.25) is 0 Å². The highest BCUT2D eigenvalue weighted by Crippen LogP contribution is 2.21. The molecule has 0 bridgehead atoms. The molecule has 0 saturated carbocycles. The van der Waals surface area contributed by atoms with Crippen LogP contribution in [0.1, 0.15) is 28.5 Å². The quantitative estimate of drug-likeness (QED) is 0.623. The minimum Gasteiger partial charge on any atom is -0.478 e. The zero-order chi connectivity index (χ0) is 17.5. The predicted molar refractivity (Wildman–Crippen MR) is 95.8 cm³/mol. The van der Waals surface area contributed by atoms with Crippen molar-refractivity contribution < 1.29 is 9.90 Å². The highest BCUT2D eigenvalue weighted by atomic mass is 16.4. The van der Waals surface area contributed by atoms with Gasteiger partial charge >= 0.3 is 5.97 Å². The number of hydrogen-bond donors (Lipinski definition) is 2. The lowest BCUT2D eigenvalue weighted by molar-refractivity contribution is 0.0697. The van der Waals surface area contributed by atoms with Crippen LogP contribution in [0.5, 0.6) is 0 Å². The van der Waals surface area contributed by atoms with Crippen LogP contribution in [-0.4, -0.2) is 27.8 Å². The van der Waals surface area contributed by atoms with Gasteiger partial charge in [0.05, 0.1) is 11.3 Å². The molecule has 24 heavy (non-hydrogen) atoms. The summed E-state index contributed by atoms with van der Waals surface area (Å²) >= 11 is 0. The van der Waals surface area contributed by atoms with Gasteiger partial charge in [-0.25, -0.2) is 14.8 Å². The lowest BCUT2D eigenvalue weighted by Gasteiger charge is -2.10. The first-order valence-corrected chi connectivity index (χ1v) is 7.28. The van der Waals surface area contributed by atoms with Crippen LogP contribution in [-0.2, 0) is 0 Å². The minimum absolute atomic E-state index is 0.199. The number of rotatable bonds is 6. The molecule has 0 aliphatic heterocycles. The van der Waals surface area contributed by atoms with Crippen molar-refractivity contribution >= 4 is 29.9 Å². The maximum atomic E-state index is 11.1. The molecular formula is C18H18N4O2. The molecule has 0 fully saturated rings. The molecule has 0 saturated heterocycles. The largest absolute Gasteiger partial charge is 0.478 e. The molecule has 0 aliphatic rings. The van der Waals surface area contributed by atoms with Crippen LogP contribution >= 0.6 is 0 Å². The minimum atomic E-state index is -0.983. The van der Waals surface area contributed by atoms with E-state index in [1.165, 1.54) is 0 Å². The number of aromatic nitrogens is 2. The molecule has 0 unspecified atom stereocenters. The third-order valence-corrected chi connectivity index (χ3v) is 3.26. The number of aliphatic imine (C=N–C) groups is 1. The van der Waals surface area contributed by atoms with E-state index in [0.29, 0.717) is 17.3 Å². The number of aromatic carboxylic acids is 1. The standard InChI is InChI=1S/C18H18N4O2/c1-4-5-14(11-19-3)15-8-9-20-18(21-15)22-16-10-13(17(23)24)7-6-12(16)2/h4-11H,3H2,1-2H3,(H,23,24)(H,20,21,22). The summed E-state index contributed by atoms with van der Waals surface area (Å²) in [6, 6.07) is 6.62. The van der Waals surface area contributed by atoms with E-state index in [1.807, 2.05) is 26.0 Å². The molecule has 0 amide bonds. The van der Waals surface area contributed by atoms with E-state index in [9.17, 15) is 4.79 Å². The molecule has 0 spiro atoms. The monoisotopic (exact) mass is 322 g/mol. The zero-order valence-corrected chi connectivity index (χ0v) is 13.5. The van der Waals surface area contributed by atoms with E-state index in [0.717, 1.165) is 11.1 Å². The molecule has 0 radical (unpaired) electrons. The Balaban J connectivity index is 2.36. The number of nitrogens with one attached hydrogen (secondary N) is 1. The summed E-state index contributed by atoms with van der Waals surface area (Å²) in [7, 11) is 0. The first-order chi connectivity index (χ1) is 11.5. The Kier molecular flexibility index (Phi) is 5.57. The van der Waals surface area contributed by atoms with E-state index in [4.69, 9.17) is 5.11 Å². The molecule has 0 aliphatic carbocycles. The second-order valence-electron chi connectivity index (χ2n) is 4.99. The SMILES string of the molecule is C=NC=C(C=CC)c1ccnc(Nc2cc(C(=O)O)ccc2C)n1. The van der Waals surface area contributed by atoms with Gasteiger partial charge in [-0.1, -0.05) is 18.2 Å². The highest BCUT2D eigenvalue weighted by Gasteiger charge is 2.08. The van der Waals surface area contributed by atoms with Gasteiger partial charge < -0.3 is 10.4 Å². The first kappa shape index (κ1) is 17.1.